The zero-order chi connectivity index (χ0) is 15.7. The first kappa shape index (κ1) is 12.1. The Balaban J connectivity index is 1.92. The highest BCUT2D eigenvalue weighted by molar-refractivity contribution is 6.18. The van der Waals surface area contributed by atoms with Crippen molar-refractivity contribution in [2.75, 3.05) is 0 Å². The van der Waals surface area contributed by atoms with Crippen LogP contribution in [0.4, 0.5) is 0 Å². The van der Waals surface area contributed by atoms with Gasteiger partial charge < -0.3 is 4.98 Å². The molecule has 0 radical (unpaired) electrons. The first-order valence-corrected chi connectivity index (χ1v) is 7.95. The Bertz CT molecular complexity index is 1410. The van der Waals surface area contributed by atoms with Gasteiger partial charge in [0, 0.05) is 27.9 Å². The molecular weight excluding hydrogens is 296 g/mol. The van der Waals surface area contributed by atoms with E-state index in [9.17, 15) is 0 Å². The van der Waals surface area contributed by atoms with Crippen molar-refractivity contribution in [1.82, 2.24) is 19.4 Å². The SMILES string of the molecule is c1ccc2c(c1)ccn1c2nc2c3c(cnc21)[nH]c1ccccc13. The Hall–Kier alpha value is -3.40. The summed E-state index contributed by atoms with van der Waals surface area (Å²) in [6.45, 7) is 0. The minimum atomic E-state index is 0.896. The quantitative estimate of drug-likeness (QED) is 0.443. The van der Waals surface area contributed by atoms with Crippen LogP contribution in [0, 0.1) is 0 Å². The summed E-state index contributed by atoms with van der Waals surface area (Å²) in [6, 6.07) is 18.8. The molecule has 6 rings (SSSR count). The lowest BCUT2D eigenvalue weighted by atomic mass is 10.2. The fourth-order valence-electron chi connectivity index (χ4n) is 3.69. The first-order chi connectivity index (χ1) is 11.9. The molecule has 4 heterocycles. The highest BCUT2D eigenvalue weighted by Gasteiger charge is 2.14. The van der Waals surface area contributed by atoms with Crippen molar-refractivity contribution in [3.05, 3.63) is 67.0 Å². The number of H-pyrrole nitrogens is 1. The average molecular weight is 308 g/mol. The first-order valence-electron chi connectivity index (χ1n) is 7.95. The van der Waals surface area contributed by atoms with Crippen molar-refractivity contribution in [2.24, 2.45) is 0 Å². The number of hydrogen-bond donors (Lipinski definition) is 1. The second-order valence-electron chi connectivity index (χ2n) is 6.10. The maximum Gasteiger partial charge on any atom is 0.165 e. The molecule has 0 aliphatic carbocycles. The molecule has 112 valence electrons. The topological polar surface area (TPSA) is 46.0 Å². The summed E-state index contributed by atoms with van der Waals surface area (Å²) < 4.78 is 2.08. The number of aromatic nitrogens is 4. The molecule has 1 N–H and O–H groups in total. The van der Waals surface area contributed by atoms with Gasteiger partial charge >= 0.3 is 0 Å². The van der Waals surface area contributed by atoms with Gasteiger partial charge in [0.25, 0.3) is 0 Å². The van der Waals surface area contributed by atoms with Crippen LogP contribution in [0.2, 0.25) is 0 Å². The minimum absolute atomic E-state index is 0.896. The Morgan fingerprint density at radius 1 is 0.792 bits per heavy atom. The molecule has 4 heteroatoms. The molecule has 0 aliphatic rings. The second-order valence-corrected chi connectivity index (χ2v) is 6.10. The number of rotatable bonds is 0. The van der Waals surface area contributed by atoms with Gasteiger partial charge in [-0.25, -0.2) is 9.97 Å². The molecular formula is C20H12N4. The molecule has 0 bridgehead atoms. The molecule has 0 atom stereocenters. The van der Waals surface area contributed by atoms with Crippen LogP contribution >= 0.6 is 0 Å². The zero-order valence-electron chi connectivity index (χ0n) is 12.7. The maximum absolute atomic E-state index is 4.97. The third-order valence-corrected chi connectivity index (χ3v) is 4.78. The summed E-state index contributed by atoms with van der Waals surface area (Å²) in [5, 5.41) is 4.66. The van der Waals surface area contributed by atoms with E-state index < -0.39 is 0 Å². The Morgan fingerprint density at radius 3 is 2.58 bits per heavy atom. The highest BCUT2D eigenvalue weighted by Crippen LogP contribution is 2.32. The van der Waals surface area contributed by atoms with Crippen molar-refractivity contribution >= 4 is 49.4 Å². The van der Waals surface area contributed by atoms with Gasteiger partial charge in [-0.1, -0.05) is 42.5 Å². The van der Waals surface area contributed by atoms with Gasteiger partial charge in [0.15, 0.2) is 5.65 Å². The van der Waals surface area contributed by atoms with E-state index in [1.807, 2.05) is 12.3 Å². The van der Waals surface area contributed by atoms with E-state index in [2.05, 4.69) is 69.1 Å². The largest absolute Gasteiger partial charge is 0.353 e. The van der Waals surface area contributed by atoms with Crippen LogP contribution in [-0.4, -0.2) is 19.4 Å². The molecule has 0 fully saturated rings. The van der Waals surface area contributed by atoms with Crippen LogP contribution in [0.3, 0.4) is 0 Å². The summed E-state index contributed by atoms with van der Waals surface area (Å²) >= 11 is 0. The third-order valence-electron chi connectivity index (χ3n) is 4.78. The minimum Gasteiger partial charge on any atom is -0.353 e. The predicted octanol–water partition coefficient (Wildman–Crippen LogP) is 4.67. The lowest BCUT2D eigenvalue weighted by Gasteiger charge is -1.99. The summed E-state index contributed by atoms with van der Waals surface area (Å²) in [5.74, 6) is 0. The number of fused-ring (bicyclic) bond motifs is 9. The maximum atomic E-state index is 4.97. The molecule has 4 nitrogen and oxygen atoms in total. The average Bonchev–Trinajstić information content (AvgIpc) is 3.19. The van der Waals surface area contributed by atoms with E-state index >= 15 is 0 Å². The molecule has 0 aliphatic heterocycles. The molecule has 0 saturated heterocycles. The molecule has 0 amide bonds. The zero-order valence-corrected chi connectivity index (χ0v) is 12.7. The van der Waals surface area contributed by atoms with Crippen molar-refractivity contribution in [3.8, 4) is 0 Å². The van der Waals surface area contributed by atoms with E-state index in [1.165, 1.54) is 10.8 Å². The molecule has 0 unspecified atom stereocenters. The van der Waals surface area contributed by atoms with E-state index in [0.717, 1.165) is 38.6 Å². The molecule has 0 spiro atoms. The van der Waals surface area contributed by atoms with E-state index in [1.54, 1.807) is 0 Å². The molecule has 2 aromatic carbocycles. The van der Waals surface area contributed by atoms with Gasteiger partial charge in [-0.3, -0.25) is 4.40 Å². The van der Waals surface area contributed by atoms with Crippen molar-refractivity contribution in [3.63, 3.8) is 0 Å². The lowest BCUT2D eigenvalue weighted by molar-refractivity contribution is 1.20. The van der Waals surface area contributed by atoms with Gasteiger partial charge in [0.2, 0.25) is 0 Å². The number of para-hydroxylation sites is 1. The van der Waals surface area contributed by atoms with Crippen LogP contribution in [0.25, 0.3) is 49.4 Å². The normalized spacial score (nSPS) is 12.2. The van der Waals surface area contributed by atoms with Crippen molar-refractivity contribution < 1.29 is 0 Å². The number of aromatic amines is 1. The number of nitrogens with one attached hydrogen (secondary N) is 1. The third kappa shape index (κ3) is 1.38. The fraction of sp³-hybridized carbons (Fsp3) is 0. The van der Waals surface area contributed by atoms with Crippen LogP contribution in [0.5, 0.6) is 0 Å². The van der Waals surface area contributed by atoms with Crippen LogP contribution in [-0.2, 0) is 0 Å². The monoisotopic (exact) mass is 308 g/mol. The summed E-state index contributed by atoms with van der Waals surface area (Å²) in [5.41, 5.74) is 4.93. The Morgan fingerprint density at radius 2 is 1.62 bits per heavy atom. The van der Waals surface area contributed by atoms with Crippen LogP contribution in [0.1, 0.15) is 0 Å². The van der Waals surface area contributed by atoms with Gasteiger partial charge in [0.05, 0.1) is 11.7 Å². The van der Waals surface area contributed by atoms with Crippen molar-refractivity contribution in [1.29, 1.82) is 0 Å². The number of pyridine rings is 2. The van der Waals surface area contributed by atoms with Gasteiger partial charge in [-0.15, -0.1) is 0 Å². The standard InChI is InChI=1S/C20H12N4/c1-2-6-13-12(5-1)9-10-24-19(13)23-18-17-14-7-3-4-8-15(14)22-16(17)11-21-20(18)24/h1-11,22H. The smallest absolute Gasteiger partial charge is 0.165 e. The number of nitrogens with zero attached hydrogens (tertiary/aromatic N) is 3. The summed E-state index contributed by atoms with van der Waals surface area (Å²) in [6.07, 6.45) is 3.96. The van der Waals surface area contributed by atoms with Crippen molar-refractivity contribution in [2.45, 2.75) is 0 Å². The Kier molecular flexibility index (Phi) is 2.07. The Labute approximate surface area is 136 Å². The second kappa shape index (κ2) is 4.11. The molecule has 4 aromatic heterocycles. The molecule has 0 saturated carbocycles. The number of hydrogen-bond acceptors (Lipinski definition) is 2. The van der Waals surface area contributed by atoms with E-state index in [4.69, 9.17) is 4.98 Å². The van der Waals surface area contributed by atoms with Gasteiger partial charge in [-0.2, -0.15) is 0 Å². The van der Waals surface area contributed by atoms with E-state index in [0.29, 0.717) is 0 Å². The fourth-order valence-corrected chi connectivity index (χ4v) is 3.69. The summed E-state index contributed by atoms with van der Waals surface area (Å²) in [7, 11) is 0. The van der Waals surface area contributed by atoms with Gasteiger partial charge in [0.1, 0.15) is 11.2 Å². The van der Waals surface area contributed by atoms with E-state index in [-0.39, 0.29) is 0 Å². The highest BCUT2D eigenvalue weighted by atomic mass is 15.1. The van der Waals surface area contributed by atoms with Crippen LogP contribution in [0.15, 0.2) is 67.0 Å². The predicted molar refractivity (Wildman–Crippen MR) is 97.4 cm³/mol. The summed E-state index contributed by atoms with van der Waals surface area (Å²) in [4.78, 5) is 13.1. The van der Waals surface area contributed by atoms with Crippen LogP contribution < -0.4 is 0 Å². The van der Waals surface area contributed by atoms with Gasteiger partial charge in [-0.05, 0) is 17.5 Å². The number of benzene rings is 2. The molecule has 6 aromatic rings. The lowest BCUT2D eigenvalue weighted by Crippen LogP contribution is -1.87. The number of imidazole rings is 1. The molecule has 24 heavy (non-hydrogen) atoms.